The smallest absolute Gasteiger partial charge is 0.277 e. The van der Waals surface area contributed by atoms with E-state index in [9.17, 15) is 10.1 Å². The Morgan fingerprint density at radius 3 is 2.33 bits per heavy atom. The van der Waals surface area contributed by atoms with Gasteiger partial charge in [0.05, 0.1) is 10.5 Å². The van der Waals surface area contributed by atoms with Crippen LogP contribution in [-0.2, 0) is 0 Å². The number of nitrogens with zero attached hydrogens (tertiary/aromatic N) is 1. The standard InChI is InChI=1S/C20H14N2O2/c23-22(24)20-8-4-2-6-17(20)16-12-11-15-10-9-14-5-1-3-7-18(14)21-19(15)13-16/h1-13,21H. The summed E-state index contributed by atoms with van der Waals surface area (Å²) in [6.07, 6.45) is 4.12. The molecule has 3 aromatic carbocycles. The highest BCUT2D eigenvalue weighted by Gasteiger charge is 2.16. The molecule has 3 aromatic rings. The zero-order valence-electron chi connectivity index (χ0n) is 12.8. The number of nitro benzene ring substituents is 1. The fourth-order valence-electron chi connectivity index (χ4n) is 2.94. The van der Waals surface area contributed by atoms with Crippen LogP contribution in [0.25, 0.3) is 23.3 Å². The van der Waals surface area contributed by atoms with Gasteiger partial charge >= 0.3 is 0 Å². The molecule has 1 aliphatic heterocycles. The molecule has 0 atom stereocenters. The molecular weight excluding hydrogens is 300 g/mol. The van der Waals surface area contributed by atoms with Crippen molar-refractivity contribution in [3.63, 3.8) is 0 Å². The van der Waals surface area contributed by atoms with E-state index in [1.165, 1.54) is 6.07 Å². The molecule has 0 unspecified atom stereocenters. The summed E-state index contributed by atoms with van der Waals surface area (Å²) in [7, 11) is 0. The number of fused-ring (bicyclic) bond motifs is 2. The minimum absolute atomic E-state index is 0.113. The van der Waals surface area contributed by atoms with Crippen molar-refractivity contribution in [3.8, 4) is 11.1 Å². The van der Waals surface area contributed by atoms with Gasteiger partial charge in [-0.3, -0.25) is 10.1 Å². The molecular formula is C20H14N2O2. The molecule has 4 heteroatoms. The van der Waals surface area contributed by atoms with Crippen LogP contribution >= 0.6 is 0 Å². The lowest BCUT2D eigenvalue weighted by Crippen LogP contribution is -1.95. The summed E-state index contributed by atoms with van der Waals surface area (Å²) in [5.74, 6) is 0. The molecule has 0 bridgehead atoms. The Hall–Kier alpha value is -3.40. The number of nitro groups is 1. The molecule has 0 saturated heterocycles. The molecule has 24 heavy (non-hydrogen) atoms. The van der Waals surface area contributed by atoms with E-state index >= 15 is 0 Å². The first-order valence-electron chi connectivity index (χ1n) is 7.64. The summed E-state index contributed by atoms with van der Waals surface area (Å²) >= 11 is 0. The second kappa shape index (κ2) is 5.66. The number of hydrogen-bond acceptors (Lipinski definition) is 3. The Bertz CT molecular complexity index is 977. The quantitative estimate of drug-likeness (QED) is 0.393. The number of hydrogen-bond donors (Lipinski definition) is 1. The fraction of sp³-hybridized carbons (Fsp3) is 0. The normalized spacial score (nSPS) is 11.8. The summed E-state index contributed by atoms with van der Waals surface area (Å²) in [5, 5.41) is 14.7. The van der Waals surface area contributed by atoms with Crippen LogP contribution in [0, 0.1) is 10.1 Å². The second-order valence-corrected chi connectivity index (χ2v) is 5.62. The van der Waals surface area contributed by atoms with Gasteiger partial charge in [0.15, 0.2) is 0 Å². The van der Waals surface area contributed by atoms with E-state index in [1.807, 2.05) is 48.5 Å². The van der Waals surface area contributed by atoms with Crippen molar-refractivity contribution in [2.75, 3.05) is 5.32 Å². The molecule has 0 saturated carbocycles. The predicted molar refractivity (Wildman–Crippen MR) is 97.2 cm³/mol. The van der Waals surface area contributed by atoms with E-state index in [1.54, 1.807) is 12.1 Å². The third-order valence-corrected chi connectivity index (χ3v) is 4.14. The van der Waals surface area contributed by atoms with E-state index in [0.29, 0.717) is 5.56 Å². The first-order valence-corrected chi connectivity index (χ1v) is 7.64. The van der Waals surface area contributed by atoms with Gasteiger partial charge in [0.1, 0.15) is 0 Å². The first kappa shape index (κ1) is 14.2. The summed E-state index contributed by atoms with van der Waals surface area (Å²) in [4.78, 5) is 10.9. The van der Waals surface area contributed by atoms with Gasteiger partial charge < -0.3 is 5.32 Å². The minimum Gasteiger partial charge on any atom is -0.355 e. The van der Waals surface area contributed by atoms with Gasteiger partial charge in [-0.05, 0) is 34.9 Å². The number of benzene rings is 3. The summed E-state index contributed by atoms with van der Waals surface area (Å²) in [5.41, 5.74) is 5.67. The van der Waals surface area contributed by atoms with Gasteiger partial charge in [-0.25, -0.2) is 0 Å². The predicted octanol–water partition coefficient (Wildman–Crippen LogP) is 5.49. The lowest BCUT2D eigenvalue weighted by molar-refractivity contribution is -0.384. The Balaban J connectivity index is 1.83. The molecule has 4 nitrogen and oxygen atoms in total. The molecule has 0 aromatic heterocycles. The molecule has 1 N–H and O–H groups in total. The van der Waals surface area contributed by atoms with Crippen LogP contribution in [0.2, 0.25) is 0 Å². The molecule has 0 amide bonds. The van der Waals surface area contributed by atoms with Crippen molar-refractivity contribution < 1.29 is 4.92 Å². The van der Waals surface area contributed by atoms with Crippen molar-refractivity contribution in [3.05, 3.63) is 88.0 Å². The maximum Gasteiger partial charge on any atom is 0.277 e. The van der Waals surface area contributed by atoms with Crippen LogP contribution in [0.4, 0.5) is 17.1 Å². The van der Waals surface area contributed by atoms with E-state index in [4.69, 9.17) is 0 Å². The molecule has 0 radical (unpaired) electrons. The topological polar surface area (TPSA) is 55.2 Å². The zero-order chi connectivity index (χ0) is 16.5. The van der Waals surface area contributed by atoms with Gasteiger partial charge in [0.25, 0.3) is 5.69 Å². The molecule has 1 aliphatic rings. The van der Waals surface area contributed by atoms with Crippen molar-refractivity contribution in [1.29, 1.82) is 0 Å². The van der Waals surface area contributed by atoms with E-state index in [0.717, 1.165) is 28.1 Å². The molecule has 0 spiro atoms. The van der Waals surface area contributed by atoms with E-state index < -0.39 is 0 Å². The molecule has 116 valence electrons. The number of rotatable bonds is 2. The molecule has 0 fully saturated rings. The number of anilines is 2. The van der Waals surface area contributed by atoms with Crippen molar-refractivity contribution in [1.82, 2.24) is 0 Å². The average Bonchev–Trinajstić information content (AvgIpc) is 2.80. The minimum atomic E-state index is -0.344. The van der Waals surface area contributed by atoms with Crippen molar-refractivity contribution in [2.45, 2.75) is 0 Å². The maximum atomic E-state index is 11.3. The van der Waals surface area contributed by atoms with Crippen molar-refractivity contribution >= 4 is 29.2 Å². The molecule has 1 heterocycles. The third kappa shape index (κ3) is 2.44. The fourth-order valence-corrected chi connectivity index (χ4v) is 2.94. The summed E-state index contributed by atoms with van der Waals surface area (Å²) in [6.45, 7) is 0. The summed E-state index contributed by atoms with van der Waals surface area (Å²) in [6, 6.07) is 20.7. The second-order valence-electron chi connectivity index (χ2n) is 5.62. The zero-order valence-corrected chi connectivity index (χ0v) is 12.8. The van der Waals surface area contributed by atoms with Crippen LogP contribution in [0.3, 0.4) is 0 Å². The van der Waals surface area contributed by atoms with Gasteiger partial charge in [-0.2, -0.15) is 0 Å². The molecule has 0 aliphatic carbocycles. The monoisotopic (exact) mass is 314 g/mol. The highest BCUT2D eigenvalue weighted by atomic mass is 16.6. The van der Waals surface area contributed by atoms with Crippen LogP contribution in [-0.4, -0.2) is 4.92 Å². The Morgan fingerprint density at radius 1 is 0.792 bits per heavy atom. The Kier molecular flexibility index (Phi) is 3.35. The number of nitrogens with one attached hydrogen (secondary N) is 1. The van der Waals surface area contributed by atoms with Crippen molar-refractivity contribution in [2.24, 2.45) is 0 Å². The van der Waals surface area contributed by atoms with Gasteiger partial charge in [0, 0.05) is 17.4 Å². The highest BCUT2D eigenvalue weighted by Crippen LogP contribution is 2.36. The van der Waals surface area contributed by atoms with Crippen LogP contribution < -0.4 is 5.32 Å². The van der Waals surface area contributed by atoms with E-state index in [-0.39, 0.29) is 10.6 Å². The summed E-state index contributed by atoms with van der Waals surface area (Å²) < 4.78 is 0. The number of para-hydroxylation sites is 2. The SMILES string of the molecule is O=[N+]([O-])c1ccccc1-c1ccc2c(c1)Nc1ccccc1C=C2. The van der Waals surface area contributed by atoms with Crippen LogP contribution in [0.1, 0.15) is 11.1 Å². The third-order valence-electron chi connectivity index (χ3n) is 4.14. The average molecular weight is 314 g/mol. The van der Waals surface area contributed by atoms with Crippen LogP contribution in [0.5, 0.6) is 0 Å². The largest absolute Gasteiger partial charge is 0.355 e. The maximum absolute atomic E-state index is 11.3. The first-order chi connectivity index (χ1) is 11.7. The lowest BCUT2D eigenvalue weighted by atomic mass is 10.0. The highest BCUT2D eigenvalue weighted by molar-refractivity contribution is 5.90. The van der Waals surface area contributed by atoms with Gasteiger partial charge in [-0.1, -0.05) is 54.6 Å². The molecule has 4 rings (SSSR count). The Labute approximate surface area is 139 Å². The Morgan fingerprint density at radius 2 is 1.50 bits per heavy atom. The van der Waals surface area contributed by atoms with E-state index in [2.05, 4.69) is 17.5 Å². The van der Waals surface area contributed by atoms with Gasteiger partial charge in [-0.15, -0.1) is 0 Å². The lowest BCUT2D eigenvalue weighted by Gasteiger charge is -2.12. The van der Waals surface area contributed by atoms with Gasteiger partial charge in [0.2, 0.25) is 0 Å². The van der Waals surface area contributed by atoms with Crippen LogP contribution in [0.15, 0.2) is 66.7 Å².